The highest BCUT2D eigenvalue weighted by Gasteiger charge is 2.35. The van der Waals surface area contributed by atoms with Crippen LogP contribution in [-0.4, -0.2) is 22.9 Å². The van der Waals surface area contributed by atoms with Gasteiger partial charge in [0.25, 0.3) is 11.8 Å². The van der Waals surface area contributed by atoms with Crippen molar-refractivity contribution in [2.45, 2.75) is 6.92 Å². The maximum absolute atomic E-state index is 14.2. The average molecular weight is 449 g/mol. The van der Waals surface area contributed by atoms with Gasteiger partial charge in [-0.25, -0.2) is 9.29 Å². The average Bonchev–Trinajstić information content (AvgIpc) is 3.20. The molecule has 0 aliphatic carbocycles. The fraction of sp³-hybridized carbons (Fsp3) is 0.0435. The van der Waals surface area contributed by atoms with Crippen molar-refractivity contribution in [3.63, 3.8) is 0 Å². The molecule has 2 amide bonds. The number of aromatic carboxylic acids is 1. The summed E-state index contributed by atoms with van der Waals surface area (Å²) in [6.45, 7) is 1.62. The van der Waals surface area contributed by atoms with Crippen LogP contribution >= 0.6 is 12.2 Å². The SMILES string of the molecule is Cc1c(C(=O)[O-])cccc1-c1ccc(/C=C2\C(=O)NC(=S)N(c3ccccc3F)C2=O)o1. The van der Waals surface area contributed by atoms with E-state index in [4.69, 9.17) is 16.6 Å². The summed E-state index contributed by atoms with van der Waals surface area (Å²) in [5, 5.41) is 13.4. The number of thiocarbonyl (C=S) groups is 1. The first-order valence-corrected chi connectivity index (χ1v) is 9.76. The minimum atomic E-state index is -1.31. The first kappa shape index (κ1) is 21.1. The van der Waals surface area contributed by atoms with E-state index in [0.29, 0.717) is 16.9 Å². The van der Waals surface area contributed by atoms with Crippen LogP contribution in [0.3, 0.4) is 0 Å². The quantitative estimate of drug-likeness (QED) is 0.373. The molecule has 1 fully saturated rings. The van der Waals surface area contributed by atoms with E-state index in [1.165, 1.54) is 42.5 Å². The molecule has 4 rings (SSSR count). The molecule has 0 saturated carbocycles. The molecule has 1 aliphatic rings. The zero-order valence-corrected chi connectivity index (χ0v) is 17.4. The third kappa shape index (κ3) is 3.69. The zero-order chi connectivity index (χ0) is 23.0. The van der Waals surface area contributed by atoms with Gasteiger partial charge in [0.15, 0.2) is 5.11 Å². The number of carboxylic acids is 1. The van der Waals surface area contributed by atoms with Crippen LogP contribution < -0.4 is 15.3 Å². The first-order valence-electron chi connectivity index (χ1n) is 9.35. The van der Waals surface area contributed by atoms with E-state index in [2.05, 4.69) is 5.32 Å². The van der Waals surface area contributed by atoms with Gasteiger partial charge < -0.3 is 14.3 Å². The molecule has 0 bridgehead atoms. The minimum absolute atomic E-state index is 0.0229. The van der Waals surface area contributed by atoms with Crippen molar-refractivity contribution in [1.29, 1.82) is 0 Å². The van der Waals surface area contributed by atoms with E-state index >= 15 is 0 Å². The van der Waals surface area contributed by atoms with E-state index in [9.17, 15) is 23.9 Å². The molecular weight excluding hydrogens is 435 g/mol. The number of amides is 2. The molecule has 0 radical (unpaired) electrons. The summed E-state index contributed by atoms with van der Waals surface area (Å²) in [4.78, 5) is 37.6. The lowest BCUT2D eigenvalue weighted by atomic mass is 10.0. The van der Waals surface area contributed by atoms with Gasteiger partial charge >= 0.3 is 0 Å². The van der Waals surface area contributed by atoms with Gasteiger partial charge in [-0.05, 0) is 55.0 Å². The second kappa shape index (κ2) is 8.20. The summed E-state index contributed by atoms with van der Waals surface area (Å²) in [5.41, 5.74) is 0.592. The molecule has 1 aliphatic heterocycles. The second-order valence-electron chi connectivity index (χ2n) is 6.88. The lowest BCUT2D eigenvalue weighted by Gasteiger charge is -2.28. The Bertz CT molecular complexity index is 1330. The molecule has 1 N–H and O–H groups in total. The Balaban J connectivity index is 1.71. The summed E-state index contributed by atoms with van der Waals surface area (Å²) in [6, 6.07) is 13.3. The maximum atomic E-state index is 14.2. The highest BCUT2D eigenvalue weighted by Crippen LogP contribution is 2.29. The Morgan fingerprint density at radius 1 is 1.12 bits per heavy atom. The van der Waals surface area contributed by atoms with Crippen molar-refractivity contribution < 1.29 is 28.3 Å². The van der Waals surface area contributed by atoms with Gasteiger partial charge in [0.2, 0.25) is 0 Å². The van der Waals surface area contributed by atoms with Crippen molar-refractivity contribution >= 4 is 46.9 Å². The minimum Gasteiger partial charge on any atom is -0.545 e. The molecule has 32 heavy (non-hydrogen) atoms. The van der Waals surface area contributed by atoms with Gasteiger partial charge in [-0.1, -0.05) is 30.3 Å². The Morgan fingerprint density at radius 3 is 2.59 bits per heavy atom. The van der Waals surface area contributed by atoms with Crippen LogP contribution in [0.15, 0.2) is 64.6 Å². The van der Waals surface area contributed by atoms with Gasteiger partial charge in [-0.2, -0.15) is 0 Å². The van der Waals surface area contributed by atoms with Crippen LogP contribution in [-0.2, 0) is 9.59 Å². The van der Waals surface area contributed by atoms with E-state index in [0.717, 1.165) is 4.90 Å². The highest BCUT2D eigenvalue weighted by atomic mass is 32.1. The number of carbonyl (C=O) groups is 3. The van der Waals surface area contributed by atoms with Crippen LogP contribution in [0.1, 0.15) is 21.7 Å². The van der Waals surface area contributed by atoms with E-state index in [1.807, 2.05) is 0 Å². The monoisotopic (exact) mass is 449 g/mol. The molecule has 3 aromatic rings. The summed E-state index contributed by atoms with van der Waals surface area (Å²) < 4.78 is 20.0. The Hall–Kier alpha value is -4.11. The smallest absolute Gasteiger partial charge is 0.270 e. The number of para-hydroxylation sites is 1. The van der Waals surface area contributed by atoms with Crippen molar-refractivity contribution in [2.75, 3.05) is 4.90 Å². The van der Waals surface area contributed by atoms with Crippen molar-refractivity contribution in [1.82, 2.24) is 5.32 Å². The van der Waals surface area contributed by atoms with Gasteiger partial charge in [-0.15, -0.1) is 0 Å². The van der Waals surface area contributed by atoms with Crippen LogP contribution in [0.25, 0.3) is 17.4 Å². The topological polar surface area (TPSA) is 103 Å². The number of nitrogens with zero attached hydrogens (tertiary/aromatic N) is 1. The van der Waals surface area contributed by atoms with E-state index in [1.54, 1.807) is 25.1 Å². The highest BCUT2D eigenvalue weighted by molar-refractivity contribution is 7.80. The van der Waals surface area contributed by atoms with Gasteiger partial charge in [0.1, 0.15) is 22.9 Å². The lowest BCUT2D eigenvalue weighted by Crippen LogP contribution is -2.54. The molecule has 2 heterocycles. The summed E-state index contributed by atoms with van der Waals surface area (Å²) in [7, 11) is 0. The first-order chi connectivity index (χ1) is 15.3. The number of hydrogen-bond acceptors (Lipinski definition) is 6. The molecule has 0 spiro atoms. The molecule has 2 aromatic carbocycles. The van der Waals surface area contributed by atoms with Gasteiger partial charge in [-0.3, -0.25) is 14.9 Å². The summed E-state index contributed by atoms with van der Waals surface area (Å²) >= 11 is 5.06. The number of nitrogens with one attached hydrogen (secondary N) is 1. The van der Waals surface area contributed by atoms with Crippen LogP contribution in [0.2, 0.25) is 0 Å². The third-order valence-electron chi connectivity index (χ3n) is 4.93. The standard InChI is InChI=1S/C23H15FN2O5S/c1-12-14(5-4-6-15(12)22(29)30)19-10-9-13(31-19)11-16-20(27)25-23(32)26(21(16)28)18-8-3-2-7-17(18)24/h2-11H,1H3,(H,29,30)(H,25,27,32)/p-1/b16-11+. The third-order valence-corrected chi connectivity index (χ3v) is 5.21. The number of benzene rings is 2. The molecule has 1 saturated heterocycles. The second-order valence-corrected chi connectivity index (χ2v) is 7.26. The summed E-state index contributed by atoms with van der Waals surface area (Å²) in [6.07, 6.45) is 1.22. The summed E-state index contributed by atoms with van der Waals surface area (Å²) in [5.74, 6) is -3.05. The Morgan fingerprint density at radius 2 is 1.88 bits per heavy atom. The van der Waals surface area contributed by atoms with E-state index < -0.39 is 23.6 Å². The van der Waals surface area contributed by atoms with Crippen molar-refractivity contribution in [3.05, 3.63) is 82.9 Å². The molecule has 1 aromatic heterocycles. The number of rotatable bonds is 4. The number of furan rings is 1. The number of carboxylic acid groups (broad SMARTS) is 1. The number of carbonyl (C=O) groups excluding carboxylic acids is 3. The Labute approximate surface area is 186 Å². The lowest BCUT2D eigenvalue weighted by molar-refractivity contribution is -0.255. The molecule has 0 atom stereocenters. The molecule has 7 nitrogen and oxygen atoms in total. The normalized spacial score (nSPS) is 15.2. The number of hydrogen-bond donors (Lipinski definition) is 1. The number of halogens is 1. The van der Waals surface area contributed by atoms with Crippen LogP contribution in [0, 0.1) is 12.7 Å². The Kier molecular flexibility index (Phi) is 5.41. The van der Waals surface area contributed by atoms with Crippen molar-refractivity contribution in [2.24, 2.45) is 0 Å². The predicted molar refractivity (Wildman–Crippen MR) is 116 cm³/mol. The van der Waals surface area contributed by atoms with Crippen LogP contribution in [0.5, 0.6) is 0 Å². The molecule has 9 heteroatoms. The predicted octanol–water partition coefficient (Wildman–Crippen LogP) is 2.59. The largest absolute Gasteiger partial charge is 0.545 e. The van der Waals surface area contributed by atoms with Crippen molar-refractivity contribution in [3.8, 4) is 11.3 Å². The van der Waals surface area contributed by atoms with Gasteiger partial charge in [0.05, 0.1) is 11.7 Å². The molecular formula is C23H14FN2O5S-. The van der Waals surface area contributed by atoms with Crippen LogP contribution in [0.4, 0.5) is 10.1 Å². The zero-order valence-electron chi connectivity index (χ0n) is 16.5. The fourth-order valence-corrected chi connectivity index (χ4v) is 3.62. The van der Waals surface area contributed by atoms with Gasteiger partial charge in [0, 0.05) is 11.1 Å². The van der Waals surface area contributed by atoms with E-state index in [-0.39, 0.29) is 27.7 Å². The fourth-order valence-electron chi connectivity index (χ4n) is 3.35. The maximum Gasteiger partial charge on any atom is 0.270 e. The molecule has 160 valence electrons. The number of anilines is 1. The molecule has 0 unspecified atom stereocenters.